The summed E-state index contributed by atoms with van der Waals surface area (Å²) in [5.74, 6) is -1.09. The zero-order valence-electron chi connectivity index (χ0n) is 14.4. The third-order valence-electron chi connectivity index (χ3n) is 4.75. The van der Waals surface area contributed by atoms with Crippen LogP contribution in [0.1, 0.15) is 43.9 Å². The van der Waals surface area contributed by atoms with Crippen molar-refractivity contribution in [3.05, 3.63) is 63.6 Å². The number of hydrogen-bond donors (Lipinski definition) is 1. The fourth-order valence-electron chi connectivity index (χ4n) is 3.32. The van der Waals surface area contributed by atoms with Crippen molar-refractivity contribution in [3.63, 3.8) is 0 Å². The number of rotatable bonds is 4. The van der Waals surface area contributed by atoms with E-state index in [9.17, 15) is 14.4 Å². The van der Waals surface area contributed by atoms with Crippen molar-refractivity contribution in [1.29, 1.82) is 0 Å². The summed E-state index contributed by atoms with van der Waals surface area (Å²) in [5, 5.41) is 2.83. The molecule has 0 bridgehead atoms. The molecule has 2 aromatic rings. The Kier molecular flexibility index (Phi) is 4.80. The van der Waals surface area contributed by atoms with E-state index in [1.807, 2.05) is 0 Å². The molecule has 1 N–H and O–H groups in total. The van der Waals surface area contributed by atoms with Crippen molar-refractivity contribution >= 4 is 39.3 Å². The van der Waals surface area contributed by atoms with Crippen LogP contribution in [0, 0.1) is 0 Å². The van der Waals surface area contributed by atoms with E-state index >= 15 is 0 Å². The zero-order chi connectivity index (χ0) is 19.0. The first kappa shape index (κ1) is 17.9. The number of fused-ring (bicyclic) bond motifs is 1. The number of nitrogens with one attached hydrogen (secondary N) is 1. The number of amides is 3. The van der Waals surface area contributed by atoms with Crippen molar-refractivity contribution < 1.29 is 19.1 Å². The second kappa shape index (κ2) is 7.25. The predicted octanol–water partition coefficient (Wildman–Crippen LogP) is 3.16. The van der Waals surface area contributed by atoms with Gasteiger partial charge in [0, 0.05) is 23.2 Å². The average Bonchev–Trinajstić information content (AvgIpc) is 3.28. The van der Waals surface area contributed by atoms with E-state index < -0.39 is 5.91 Å². The molecule has 0 unspecified atom stereocenters. The first-order valence-electron chi connectivity index (χ1n) is 8.73. The van der Waals surface area contributed by atoms with E-state index in [1.165, 1.54) is 12.1 Å². The lowest BCUT2D eigenvalue weighted by molar-refractivity contribution is 0.0857. The fraction of sp³-hybridized carbons (Fsp3) is 0.250. The van der Waals surface area contributed by atoms with Crippen LogP contribution in [0.15, 0.2) is 46.9 Å². The summed E-state index contributed by atoms with van der Waals surface area (Å²) in [6, 6.07) is 11.5. The molecule has 2 aliphatic rings. The highest BCUT2D eigenvalue weighted by molar-refractivity contribution is 9.10. The molecule has 7 heteroatoms. The lowest BCUT2D eigenvalue weighted by Gasteiger charge is -2.13. The van der Waals surface area contributed by atoms with Crippen LogP contribution in [0.5, 0.6) is 0 Å². The van der Waals surface area contributed by atoms with Crippen LogP contribution in [-0.4, -0.2) is 37.0 Å². The summed E-state index contributed by atoms with van der Waals surface area (Å²) in [6.07, 6.45) is 1.97. The van der Waals surface area contributed by atoms with Gasteiger partial charge in [-0.15, -0.1) is 0 Å². The molecule has 0 spiro atoms. The Bertz CT molecular complexity index is 920. The summed E-state index contributed by atoms with van der Waals surface area (Å²) in [7, 11) is 0. The highest BCUT2D eigenvalue weighted by Crippen LogP contribution is 2.30. The van der Waals surface area contributed by atoms with Gasteiger partial charge >= 0.3 is 0 Å². The molecule has 1 fully saturated rings. The Labute approximate surface area is 164 Å². The largest absolute Gasteiger partial charge is 0.376 e. The van der Waals surface area contributed by atoms with Gasteiger partial charge < -0.3 is 10.1 Å². The van der Waals surface area contributed by atoms with Gasteiger partial charge in [-0.05, 0) is 55.3 Å². The van der Waals surface area contributed by atoms with Crippen LogP contribution < -0.4 is 10.2 Å². The fourth-order valence-corrected chi connectivity index (χ4v) is 3.58. The van der Waals surface area contributed by atoms with Gasteiger partial charge in [-0.2, -0.15) is 0 Å². The number of carbonyl (C=O) groups is 3. The highest BCUT2D eigenvalue weighted by atomic mass is 79.9. The van der Waals surface area contributed by atoms with E-state index in [-0.39, 0.29) is 23.5 Å². The molecule has 2 aliphatic heterocycles. The minimum atomic E-state index is -0.425. The van der Waals surface area contributed by atoms with Crippen LogP contribution in [0.25, 0.3) is 0 Å². The minimum Gasteiger partial charge on any atom is -0.376 e. The summed E-state index contributed by atoms with van der Waals surface area (Å²) < 4.78 is 6.35. The number of anilines is 1. The van der Waals surface area contributed by atoms with Crippen LogP contribution in [0.2, 0.25) is 0 Å². The van der Waals surface area contributed by atoms with E-state index in [4.69, 9.17) is 4.74 Å². The molecule has 2 aromatic carbocycles. The number of hydrogen-bond acceptors (Lipinski definition) is 4. The second-order valence-corrected chi connectivity index (χ2v) is 7.44. The van der Waals surface area contributed by atoms with Gasteiger partial charge in [-0.1, -0.05) is 15.9 Å². The molecule has 27 heavy (non-hydrogen) atoms. The van der Waals surface area contributed by atoms with Crippen LogP contribution in [0.4, 0.5) is 5.69 Å². The van der Waals surface area contributed by atoms with E-state index in [2.05, 4.69) is 21.2 Å². The van der Waals surface area contributed by atoms with E-state index in [1.54, 1.807) is 30.3 Å². The van der Waals surface area contributed by atoms with Gasteiger partial charge in [0.2, 0.25) is 0 Å². The van der Waals surface area contributed by atoms with Crippen molar-refractivity contribution in [3.8, 4) is 0 Å². The third-order valence-corrected chi connectivity index (χ3v) is 5.28. The summed E-state index contributed by atoms with van der Waals surface area (Å²) in [4.78, 5) is 39.0. The average molecular weight is 429 g/mol. The monoisotopic (exact) mass is 428 g/mol. The van der Waals surface area contributed by atoms with Crippen molar-refractivity contribution in [1.82, 2.24) is 5.32 Å². The Morgan fingerprint density at radius 1 is 1.11 bits per heavy atom. The predicted molar refractivity (Wildman–Crippen MR) is 103 cm³/mol. The van der Waals surface area contributed by atoms with E-state index in [0.29, 0.717) is 23.4 Å². The highest BCUT2D eigenvalue weighted by Gasteiger charge is 2.37. The molecule has 0 aliphatic carbocycles. The van der Waals surface area contributed by atoms with Gasteiger partial charge in [0.1, 0.15) is 0 Å². The van der Waals surface area contributed by atoms with Crippen molar-refractivity contribution in [2.24, 2.45) is 0 Å². The standard InChI is InChI=1S/C20H17BrN2O4/c21-13-4-6-14(7-5-13)23-19(25)16-8-3-12(10-17(16)20(23)26)18(24)22-11-15-2-1-9-27-15/h3-8,10,15H,1-2,9,11H2,(H,22,24)/t15-/m0/s1. The molecule has 0 saturated carbocycles. The molecule has 2 heterocycles. The van der Waals surface area contributed by atoms with Gasteiger partial charge in [0.25, 0.3) is 17.7 Å². The maximum absolute atomic E-state index is 12.8. The smallest absolute Gasteiger partial charge is 0.266 e. The maximum atomic E-state index is 12.8. The van der Waals surface area contributed by atoms with E-state index in [0.717, 1.165) is 28.8 Å². The number of benzene rings is 2. The molecule has 1 atom stereocenters. The Balaban J connectivity index is 1.54. The first-order chi connectivity index (χ1) is 13.0. The van der Waals surface area contributed by atoms with Crippen LogP contribution >= 0.6 is 15.9 Å². The summed E-state index contributed by atoms with van der Waals surface area (Å²) >= 11 is 3.34. The van der Waals surface area contributed by atoms with Gasteiger partial charge in [-0.25, -0.2) is 4.90 Å². The molecule has 6 nitrogen and oxygen atoms in total. The Morgan fingerprint density at radius 3 is 2.56 bits per heavy atom. The summed E-state index contributed by atoms with van der Waals surface area (Å²) in [6.45, 7) is 1.16. The number of nitrogens with zero attached hydrogens (tertiary/aromatic N) is 1. The van der Waals surface area contributed by atoms with Gasteiger partial charge in [-0.3, -0.25) is 14.4 Å². The SMILES string of the molecule is O=C(NC[C@@H]1CCCO1)c1ccc2c(c1)C(=O)N(c1ccc(Br)cc1)C2=O. The number of carbonyl (C=O) groups excluding carboxylic acids is 3. The quantitative estimate of drug-likeness (QED) is 0.758. The minimum absolute atomic E-state index is 0.0412. The molecule has 4 rings (SSSR count). The van der Waals surface area contributed by atoms with Gasteiger partial charge in [0.15, 0.2) is 0 Å². The number of ether oxygens (including phenoxy) is 1. The van der Waals surface area contributed by atoms with Gasteiger partial charge in [0.05, 0.1) is 22.9 Å². The zero-order valence-corrected chi connectivity index (χ0v) is 16.0. The summed E-state index contributed by atoms with van der Waals surface area (Å²) in [5.41, 5.74) is 1.39. The molecule has 3 amide bonds. The second-order valence-electron chi connectivity index (χ2n) is 6.53. The van der Waals surface area contributed by atoms with Crippen LogP contribution in [0.3, 0.4) is 0 Å². The Morgan fingerprint density at radius 2 is 1.85 bits per heavy atom. The van der Waals surface area contributed by atoms with Crippen LogP contribution in [-0.2, 0) is 4.74 Å². The normalized spacial score (nSPS) is 18.7. The lowest BCUT2D eigenvalue weighted by Crippen LogP contribution is -2.31. The molecular weight excluding hydrogens is 412 g/mol. The third kappa shape index (κ3) is 3.40. The van der Waals surface area contributed by atoms with Crippen molar-refractivity contribution in [2.45, 2.75) is 18.9 Å². The molecule has 0 aromatic heterocycles. The lowest BCUT2D eigenvalue weighted by atomic mass is 10.1. The molecule has 138 valence electrons. The first-order valence-corrected chi connectivity index (χ1v) is 9.52. The molecular formula is C20H17BrN2O4. The number of imide groups is 1. The molecule has 0 radical (unpaired) electrons. The topological polar surface area (TPSA) is 75.7 Å². The van der Waals surface area contributed by atoms with Crippen molar-refractivity contribution in [2.75, 3.05) is 18.1 Å². The maximum Gasteiger partial charge on any atom is 0.266 e. The molecule has 1 saturated heterocycles. The number of halogens is 1. The Hall–Kier alpha value is -2.51.